The van der Waals surface area contributed by atoms with E-state index in [0.717, 1.165) is 50.3 Å². The van der Waals surface area contributed by atoms with Gasteiger partial charge in [-0.3, -0.25) is 9.59 Å². The normalized spacial score (nSPS) is 19.2. The van der Waals surface area contributed by atoms with E-state index in [9.17, 15) is 9.59 Å². The number of ether oxygens (including phenoxy) is 1. The second kappa shape index (κ2) is 10.2. The van der Waals surface area contributed by atoms with Gasteiger partial charge in [0.1, 0.15) is 6.23 Å². The van der Waals surface area contributed by atoms with Crippen LogP contribution in [-0.4, -0.2) is 34.6 Å². The Morgan fingerprint density at radius 3 is 2.45 bits per heavy atom. The Bertz CT molecular complexity index is 304. The van der Waals surface area contributed by atoms with E-state index in [2.05, 4.69) is 21.2 Å². The lowest BCUT2D eigenvalue weighted by Crippen LogP contribution is -2.51. The molecule has 1 heterocycles. The van der Waals surface area contributed by atoms with E-state index in [1.54, 1.807) is 0 Å². The van der Waals surface area contributed by atoms with Gasteiger partial charge in [0.2, 0.25) is 5.91 Å². The number of carbonyl (C=O) groups is 2. The highest BCUT2D eigenvalue weighted by Gasteiger charge is 2.28. The second-order valence-electron chi connectivity index (χ2n) is 5.23. The van der Waals surface area contributed by atoms with Crippen molar-refractivity contribution in [3.05, 3.63) is 0 Å². The van der Waals surface area contributed by atoms with Gasteiger partial charge in [0.05, 0.1) is 12.5 Å². The number of carboxylic acids is 1. The van der Waals surface area contributed by atoms with Crippen LogP contribution in [0.5, 0.6) is 0 Å². The summed E-state index contributed by atoms with van der Waals surface area (Å²) in [7, 11) is 0. The molecular weight excluding hydrogens is 326 g/mol. The summed E-state index contributed by atoms with van der Waals surface area (Å²) in [4.78, 5) is 21.1. The maximum Gasteiger partial charge on any atom is 0.303 e. The summed E-state index contributed by atoms with van der Waals surface area (Å²) >= 11 is 3.44. The molecule has 0 aromatic carbocycles. The highest BCUT2D eigenvalue weighted by molar-refractivity contribution is 9.09. The molecule has 0 bridgehead atoms. The number of nitrogens with one attached hydrogen (secondary N) is 1. The predicted octanol–water partition coefficient (Wildman–Crippen LogP) is 2.82. The number of amides is 1. The molecule has 6 heteroatoms. The summed E-state index contributed by atoms with van der Waals surface area (Å²) in [5.74, 6) is -0.643. The lowest BCUT2D eigenvalue weighted by molar-refractivity contribution is -0.145. The van der Waals surface area contributed by atoms with Gasteiger partial charge in [-0.2, -0.15) is 0 Å². The van der Waals surface area contributed by atoms with E-state index < -0.39 is 5.97 Å². The van der Waals surface area contributed by atoms with E-state index in [1.165, 1.54) is 0 Å². The molecule has 0 radical (unpaired) electrons. The van der Waals surface area contributed by atoms with E-state index in [4.69, 9.17) is 9.84 Å². The van der Waals surface area contributed by atoms with Gasteiger partial charge in [-0.15, -0.1) is 0 Å². The quantitative estimate of drug-likeness (QED) is 0.322. The summed E-state index contributed by atoms with van der Waals surface area (Å²) in [6.07, 6.45) is 8.11. The first-order valence-corrected chi connectivity index (χ1v) is 8.46. The highest BCUT2D eigenvalue weighted by atomic mass is 79.9. The number of unbranched alkanes of at least 4 members (excludes halogenated alkanes) is 5. The van der Waals surface area contributed by atoms with Crippen molar-refractivity contribution >= 4 is 27.8 Å². The van der Waals surface area contributed by atoms with Crippen LogP contribution < -0.4 is 5.32 Å². The monoisotopic (exact) mass is 349 g/mol. The third kappa shape index (κ3) is 7.85. The topological polar surface area (TPSA) is 75.6 Å². The molecule has 1 fully saturated rings. The Kier molecular flexibility index (Phi) is 8.85. The zero-order valence-electron chi connectivity index (χ0n) is 11.8. The Morgan fingerprint density at radius 1 is 1.30 bits per heavy atom. The number of carboxylic acid groups (broad SMARTS) is 1. The number of alkyl halides is 1. The minimum absolute atomic E-state index is 0.0599. The van der Waals surface area contributed by atoms with Crippen LogP contribution in [-0.2, 0) is 14.3 Å². The minimum Gasteiger partial charge on any atom is -0.481 e. The maximum atomic E-state index is 10.8. The average molecular weight is 350 g/mol. The largest absolute Gasteiger partial charge is 0.481 e. The molecule has 5 nitrogen and oxygen atoms in total. The minimum atomic E-state index is -0.703. The molecule has 1 saturated heterocycles. The SMILES string of the molecule is O=C(O)CCCCCCCCC(CBr)OC1CC(=O)N1. The second-order valence-corrected chi connectivity index (χ2v) is 5.87. The molecule has 2 atom stereocenters. The number of aliphatic carboxylic acids is 1. The van der Waals surface area contributed by atoms with Gasteiger partial charge in [0.25, 0.3) is 0 Å². The fourth-order valence-corrected chi connectivity index (χ4v) is 2.65. The van der Waals surface area contributed by atoms with Crippen LogP contribution in [0.25, 0.3) is 0 Å². The van der Waals surface area contributed by atoms with Crippen LogP contribution in [0, 0.1) is 0 Å². The number of hydrogen-bond donors (Lipinski definition) is 2. The summed E-state index contributed by atoms with van der Waals surface area (Å²) in [5.41, 5.74) is 0. The lowest BCUT2D eigenvalue weighted by atomic mass is 10.1. The molecule has 1 aliphatic rings. The molecule has 0 saturated carbocycles. The lowest BCUT2D eigenvalue weighted by Gasteiger charge is -2.30. The van der Waals surface area contributed by atoms with Gasteiger partial charge in [-0.1, -0.05) is 48.0 Å². The van der Waals surface area contributed by atoms with Crippen molar-refractivity contribution < 1.29 is 19.4 Å². The molecular formula is C14H24BrNO4. The van der Waals surface area contributed by atoms with Crippen LogP contribution in [0.2, 0.25) is 0 Å². The van der Waals surface area contributed by atoms with Crippen LogP contribution in [0.3, 0.4) is 0 Å². The molecule has 2 N–H and O–H groups in total. The first kappa shape index (κ1) is 17.4. The number of halogens is 1. The molecule has 0 aliphatic carbocycles. The zero-order chi connectivity index (χ0) is 14.8. The Balaban J connectivity index is 1.90. The number of rotatable bonds is 12. The molecule has 0 aromatic heterocycles. The smallest absolute Gasteiger partial charge is 0.303 e. The number of carbonyl (C=O) groups excluding carboxylic acids is 1. The highest BCUT2D eigenvalue weighted by Crippen LogP contribution is 2.16. The average Bonchev–Trinajstić information content (AvgIpc) is 2.37. The number of hydrogen-bond acceptors (Lipinski definition) is 3. The van der Waals surface area contributed by atoms with Crippen molar-refractivity contribution in [2.45, 2.75) is 70.1 Å². The van der Waals surface area contributed by atoms with Crippen molar-refractivity contribution in [2.24, 2.45) is 0 Å². The Labute approximate surface area is 128 Å². The predicted molar refractivity (Wildman–Crippen MR) is 79.8 cm³/mol. The van der Waals surface area contributed by atoms with Crippen LogP contribution in [0.15, 0.2) is 0 Å². The van der Waals surface area contributed by atoms with Crippen molar-refractivity contribution in [1.82, 2.24) is 5.32 Å². The molecule has 116 valence electrons. The van der Waals surface area contributed by atoms with Crippen molar-refractivity contribution in [2.75, 3.05) is 5.33 Å². The molecule has 20 heavy (non-hydrogen) atoms. The summed E-state index contributed by atoms with van der Waals surface area (Å²) < 4.78 is 5.73. The summed E-state index contributed by atoms with van der Waals surface area (Å²) in [5, 5.41) is 12.0. The number of β-lactam (4-membered cyclic amide) rings is 1. The van der Waals surface area contributed by atoms with E-state index >= 15 is 0 Å². The van der Waals surface area contributed by atoms with Crippen LogP contribution in [0.1, 0.15) is 57.8 Å². The van der Waals surface area contributed by atoms with Crippen LogP contribution >= 0.6 is 15.9 Å². The van der Waals surface area contributed by atoms with E-state index in [0.29, 0.717) is 6.42 Å². The standard InChI is InChI=1S/C14H24BrNO4/c15-10-11(20-13-9-12(17)16-13)7-5-3-1-2-4-6-8-14(18)19/h11,13H,1-10H2,(H,16,17)(H,18,19). The van der Waals surface area contributed by atoms with Gasteiger partial charge in [0, 0.05) is 11.8 Å². The Hall–Kier alpha value is -0.620. The molecule has 1 amide bonds. The van der Waals surface area contributed by atoms with Gasteiger partial charge in [-0.25, -0.2) is 0 Å². The third-order valence-electron chi connectivity index (χ3n) is 3.39. The van der Waals surface area contributed by atoms with E-state index in [-0.39, 0.29) is 24.7 Å². The van der Waals surface area contributed by atoms with Crippen molar-refractivity contribution in [1.29, 1.82) is 0 Å². The zero-order valence-corrected chi connectivity index (χ0v) is 13.4. The summed E-state index contributed by atoms with van der Waals surface area (Å²) in [6.45, 7) is 0. The maximum absolute atomic E-state index is 10.8. The molecule has 1 aliphatic heterocycles. The summed E-state index contributed by atoms with van der Waals surface area (Å²) in [6, 6.07) is 0. The molecule has 0 spiro atoms. The fourth-order valence-electron chi connectivity index (χ4n) is 2.18. The van der Waals surface area contributed by atoms with Gasteiger partial charge in [0.15, 0.2) is 0 Å². The van der Waals surface area contributed by atoms with Gasteiger partial charge >= 0.3 is 5.97 Å². The first-order chi connectivity index (χ1) is 9.61. The van der Waals surface area contributed by atoms with E-state index in [1.807, 2.05) is 0 Å². The Morgan fingerprint density at radius 2 is 1.90 bits per heavy atom. The van der Waals surface area contributed by atoms with Crippen molar-refractivity contribution in [3.8, 4) is 0 Å². The van der Waals surface area contributed by atoms with Gasteiger partial charge < -0.3 is 15.2 Å². The van der Waals surface area contributed by atoms with Crippen LogP contribution in [0.4, 0.5) is 0 Å². The van der Waals surface area contributed by atoms with Gasteiger partial charge in [-0.05, 0) is 12.8 Å². The fraction of sp³-hybridized carbons (Fsp3) is 0.857. The van der Waals surface area contributed by atoms with Crippen molar-refractivity contribution in [3.63, 3.8) is 0 Å². The third-order valence-corrected chi connectivity index (χ3v) is 4.11. The molecule has 0 aromatic rings. The molecule has 2 unspecified atom stereocenters. The molecule has 1 rings (SSSR count). The first-order valence-electron chi connectivity index (χ1n) is 7.34.